The zero-order chi connectivity index (χ0) is 13.1. The van der Waals surface area contributed by atoms with E-state index in [4.69, 9.17) is 4.74 Å². The zero-order valence-corrected chi connectivity index (χ0v) is 11.1. The summed E-state index contributed by atoms with van der Waals surface area (Å²) in [6.07, 6.45) is 0. The molecule has 2 rings (SSSR count). The molecule has 96 valence electrons. The van der Waals surface area contributed by atoms with Gasteiger partial charge in [-0.1, -0.05) is 31.2 Å². The highest BCUT2D eigenvalue weighted by atomic mass is 16.5. The van der Waals surface area contributed by atoms with Crippen LogP contribution in [0.1, 0.15) is 18.4 Å². The fourth-order valence-electron chi connectivity index (χ4n) is 2.18. The Morgan fingerprint density at radius 3 is 2.56 bits per heavy atom. The smallest absolute Gasteiger partial charge is 0.119 e. The standard InChI is InChI=1S/C15H19NO2/c1-11(10-16(2)17)13-5-4-12-6-7-15(18-3)9-14(12)8-13/h4-9,11,17H,10H2,1-3H3. The van der Waals surface area contributed by atoms with Gasteiger partial charge in [-0.15, -0.1) is 0 Å². The van der Waals surface area contributed by atoms with Gasteiger partial charge in [0.1, 0.15) is 5.75 Å². The van der Waals surface area contributed by atoms with Crippen LogP contribution in [0.25, 0.3) is 10.8 Å². The van der Waals surface area contributed by atoms with Crippen LogP contribution in [-0.4, -0.2) is 31.0 Å². The molecule has 0 saturated carbocycles. The predicted molar refractivity (Wildman–Crippen MR) is 73.3 cm³/mol. The van der Waals surface area contributed by atoms with Crippen molar-refractivity contribution in [1.29, 1.82) is 0 Å². The number of rotatable bonds is 4. The second kappa shape index (κ2) is 5.38. The van der Waals surface area contributed by atoms with E-state index in [1.54, 1.807) is 14.2 Å². The first-order valence-electron chi connectivity index (χ1n) is 6.08. The number of likely N-dealkylation sites (N-methyl/N-ethyl adjacent to an activating group) is 1. The van der Waals surface area contributed by atoms with Crippen LogP contribution in [0.15, 0.2) is 36.4 Å². The van der Waals surface area contributed by atoms with Crippen molar-refractivity contribution < 1.29 is 9.94 Å². The minimum atomic E-state index is 0.288. The molecule has 0 aliphatic heterocycles. The maximum atomic E-state index is 9.29. The van der Waals surface area contributed by atoms with Gasteiger partial charge in [-0.25, -0.2) is 0 Å². The van der Waals surface area contributed by atoms with Crippen LogP contribution in [0.3, 0.4) is 0 Å². The first-order chi connectivity index (χ1) is 8.60. The Hall–Kier alpha value is -1.58. The van der Waals surface area contributed by atoms with Crippen LogP contribution < -0.4 is 4.74 Å². The maximum absolute atomic E-state index is 9.29. The molecule has 0 aliphatic carbocycles. The molecule has 0 radical (unpaired) electrons. The Labute approximate surface area is 108 Å². The third kappa shape index (κ3) is 2.81. The van der Waals surface area contributed by atoms with Crippen molar-refractivity contribution in [2.45, 2.75) is 12.8 Å². The SMILES string of the molecule is COc1ccc2ccc(C(C)CN(C)O)cc2c1. The number of methoxy groups -OCH3 is 1. The number of nitrogens with zero attached hydrogens (tertiary/aromatic N) is 1. The molecule has 3 heteroatoms. The summed E-state index contributed by atoms with van der Waals surface area (Å²) in [6.45, 7) is 2.73. The fourth-order valence-corrected chi connectivity index (χ4v) is 2.18. The predicted octanol–water partition coefficient (Wildman–Crippen LogP) is 3.27. The summed E-state index contributed by atoms with van der Waals surface area (Å²) < 4.78 is 5.24. The Morgan fingerprint density at radius 1 is 1.17 bits per heavy atom. The molecule has 2 aromatic rings. The Bertz CT molecular complexity index is 537. The number of fused-ring (bicyclic) bond motifs is 1. The lowest BCUT2D eigenvalue weighted by atomic mass is 9.97. The Balaban J connectivity index is 2.36. The van der Waals surface area contributed by atoms with Gasteiger partial charge in [-0.05, 0) is 34.4 Å². The van der Waals surface area contributed by atoms with Gasteiger partial charge < -0.3 is 9.94 Å². The van der Waals surface area contributed by atoms with Crippen molar-refractivity contribution in [2.24, 2.45) is 0 Å². The highest BCUT2D eigenvalue weighted by Gasteiger charge is 2.08. The number of hydrogen-bond donors (Lipinski definition) is 1. The van der Waals surface area contributed by atoms with Gasteiger partial charge in [0.2, 0.25) is 0 Å². The van der Waals surface area contributed by atoms with E-state index < -0.39 is 0 Å². The molecule has 1 N–H and O–H groups in total. The first-order valence-corrected chi connectivity index (χ1v) is 6.08. The van der Waals surface area contributed by atoms with Crippen molar-refractivity contribution in [3.8, 4) is 5.75 Å². The van der Waals surface area contributed by atoms with E-state index in [1.165, 1.54) is 21.4 Å². The van der Waals surface area contributed by atoms with E-state index in [2.05, 4.69) is 31.2 Å². The minimum absolute atomic E-state index is 0.288. The normalized spacial score (nSPS) is 12.9. The lowest BCUT2D eigenvalue weighted by Crippen LogP contribution is -2.19. The molecule has 0 aliphatic rings. The number of ether oxygens (including phenoxy) is 1. The highest BCUT2D eigenvalue weighted by Crippen LogP contribution is 2.25. The maximum Gasteiger partial charge on any atom is 0.119 e. The molecule has 1 unspecified atom stereocenters. The largest absolute Gasteiger partial charge is 0.497 e. The summed E-state index contributed by atoms with van der Waals surface area (Å²) >= 11 is 0. The number of hydrogen-bond acceptors (Lipinski definition) is 3. The van der Waals surface area contributed by atoms with E-state index in [9.17, 15) is 5.21 Å². The summed E-state index contributed by atoms with van der Waals surface area (Å²) in [5, 5.41) is 12.9. The molecule has 0 fully saturated rings. The zero-order valence-electron chi connectivity index (χ0n) is 11.1. The summed E-state index contributed by atoms with van der Waals surface area (Å²) in [4.78, 5) is 0. The molecule has 0 spiro atoms. The molecule has 1 atom stereocenters. The monoisotopic (exact) mass is 245 g/mol. The fraction of sp³-hybridized carbons (Fsp3) is 0.333. The lowest BCUT2D eigenvalue weighted by molar-refractivity contribution is -0.0681. The van der Waals surface area contributed by atoms with Crippen LogP contribution in [0, 0.1) is 0 Å². The van der Waals surface area contributed by atoms with Crippen molar-refractivity contribution in [2.75, 3.05) is 20.7 Å². The molecule has 2 aromatic carbocycles. The third-order valence-corrected chi connectivity index (χ3v) is 3.18. The molecule has 0 heterocycles. The van der Waals surface area contributed by atoms with Crippen LogP contribution >= 0.6 is 0 Å². The summed E-state index contributed by atoms with van der Waals surface area (Å²) in [7, 11) is 3.34. The van der Waals surface area contributed by atoms with Crippen LogP contribution in [0.2, 0.25) is 0 Å². The molecular weight excluding hydrogens is 226 g/mol. The van der Waals surface area contributed by atoms with Gasteiger partial charge in [0.15, 0.2) is 0 Å². The second-order valence-corrected chi connectivity index (χ2v) is 4.71. The topological polar surface area (TPSA) is 32.7 Å². The first kappa shape index (κ1) is 12.9. The van der Waals surface area contributed by atoms with E-state index >= 15 is 0 Å². The van der Waals surface area contributed by atoms with E-state index in [1.807, 2.05) is 12.1 Å². The molecule has 0 saturated heterocycles. The van der Waals surface area contributed by atoms with Gasteiger partial charge in [0.05, 0.1) is 7.11 Å². The summed E-state index contributed by atoms with van der Waals surface area (Å²) in [5.74, 6) is 1.15. The molecule has 3 nitrogen and oxygen atoms in total. The molecule has 0 aromatic heterocycles. The Morgan fingerprint density at radius 2 is 1.89 bits per heavy atom. The van der Waals surface area contributed by atoms with Crippen molar-refractivity contribution >= 4 is 10.8 Å². The van der Waals surface area contributed by atoms with Crippen LogP contribution in [0.4, 0.5) is 0 Å². The quantitative estimate of drug-likeness (QED) is 0.839. The van der Waals surface area contributed by atoms with E-state index in [0.29, 0.717) is 6.54 Å². The van der Waals surface area contributed by atoms with Gasteiger partial charge in [-0.2, -0.15) is 5.06 Å². The van der Waals surface area contributed by atoms with Gasteiger partial charge in [0.25, 0.3) is 0 Å². The van der Waals surface area contributed by atoms with E-state index in [-0.39, 0.29) is 5.92 Å². The van der Waals surface area contributed by atoms with Gasteiger partial charge >= 0.3 is 0 Å². The number of benzene rings is 2. The second-order valence-electron chi connectivity index (χ2n) is 4.71. The summed E-state index contributed by atoms with van der Waals surface area (Å²) in [5.41, 5.74) is 1.22. The van der Waals surface area contributed by atoms with Crippen molar-refractivity contribution in [3.63, 3.8) is 0 Å². The minimum Gasteiger partial charge on any atom is -0.497 e. The summed E-state index contributed by atoms with van der Waals surface area (Å²) in [6, 6.07) is 12.4. The lowest BCUT2D eigenvalue weighted by Gasteiger charge is -2.16. The highest BCUT2D eigenvalue weighted by molar-refractivity contribution is 5.84. The van der Waals surface area contributed by atoms with Crippen molar-refractivity contribution in [3.05, 3.63) is 42.0 Å². The third-order valence-electron chi connectivity index (χ3n) is 3.18. The van der Waals surface area contributed by atoms with E-state index in [0.717, 1.165) is 5.75 Å². The average molecular weight is 245 g/mol. The van der Waals surface area contributed by atoms with Crippen LogP contribution in [-0.2, 0) is 0 Å². The molecular formula is C15H19NO2. The van der Waals surface area contributed by atoms with Gasteiger partial charge in [0, 0.05) is 13.6 Å². The Kier molecular flexibility index (Phi) is 3.84. The number of hydroxylamine groups is 2. The van der Waals surface area contributed by atoms with Crippen molar-refractivity contribution in [1.82, 2.24) is 5.06 Å². The van der Waals surface area contributed by atoms with Gasteiger partial charge in [-0.3, -0.25) is 0 Å². The average Bonchev–Trinajstić information content (AvgIpc) is 2.36. The molecule has 18 heavy (non-hydrogen) atoms. The van der Waals surface area contributed by atoms with Crippen LogP contribution in [0.5, 0.6) is 5.75 Å². The molecule has 0 bridgehead atoms. The molecule has 0 amide bonds.